The van der Waals surface area contributed by atoms with Crippen LogP contribution in [0, 0.1) is 0 Å². The zero-order chi connectivity index (χ0) is 36.3. The molecule has 0 saturated carbocycles. The van der Waals surface area contributed by atoms with Crippen LogP contribution < -0.4 is 4.90 Å². The molecular formula is C52H33NOS. The standard InChI is InChI=1S/C52H33NOS/c1-2-11-36(12-3-1)43-18-9-19-44-46-33-38(27-32-48(46)54-52(43)44)34-23-28-39(29-24-34)53(47-20-8-14-35-13-4-5-15-41(35)47)40-30-25-37(26-31-40)42-17-10-22-50-51(42)45-16-6-7-21-49(45)55-50/h1-33H. The summed E-state index contributed by atoms with van der Waals surface area (Å²) < 4.78 is 9.12. The third-order valence-electron chi connectivity index (χ3n) is 10.9. The molecule has 0 aliphatic carbocycles. The summed E-state index contributed by atoms with van der Waals surface area (Å²) in [7, 11) is 0. The van der Waals surface area contributed by atoms with Crippen molar-refractivity contribution in [2.75, 3.05) is 4.90 Å². The molecule has 2 heterocycles. The molecule has 258 valence electrons. The summed E-state index contributed by atoms with van der Waals surface area (Å²) in [6, 6.07) is 72.1. The molecule has 0 amide bonds. The fraction of sp³-hybridized carbons (Fsp3) is 0. The van der Waals surface area contributed by atoms with Gasteiger partial charge in [-0.05, 0) is 87.8 Å². The number of hydrogen-bond donors (Lipinski definition) is 0. The van der Waals surface area contributed by atoms with E-state index in [1.165, 1.54) is 42.1 Å². The molecule has 0 unspecified atom stereocenters. The lowest BCUT2D eigenvalue weighted by Gasteiger charge is -2.27. The number of hydrogen-bond acceptors (Lipinski definition) is 3. The van der Waals surface area contributed by atoms with Crippen LogP contribution in [0.25, 0.3) is 86.3 Å². The van der Waals surface area contributed by atoms with E-state index < -0.39 is 0 Å². The molecule has 0 saturated heterocycles. The average molecular weight is 720 g/mol. The van der Waals surface area contributed by atoms with Crippen molar-refractivity contribution in [1.29, 1.82) is 0 Å². The summed E-state index contributed by atoms with van der Waals surface area (Å²) in [4.78, 5) is 2.38. The Balaban J connectivity index is 0.998. The number of fused-ring (bicyclic) bond motifs is 7. The van der Waals surface area contributed by atoms with Gasteiger partial charge in [0.05, 0.1) is 5.69 Å². The van der Waals surface area contributed by atoms with Gasteiger partial charge in [-0.1, -0.05) is 146 Å². The number of rotatable bonds is 6. The smallest absolute Gasteiger partial charge is 0.143 e. The van der Waals surface area contributed by atoms with Crippen LogP contribution in [0.15, 0.2) is 205 Å². The first-order valence-electron chi connectivity index (χ1n) is 18.7. The number of para-hydroxylation sites is 1. The number of anilines is 3. The molecule has 2 nitrogen and oxygen atoms in total. The van der Waals surface area contributed by atoms with Crippen molar-refractivity contribution in [1.82, 2.24) is 0 Å². The summed E-state index contributed by atoms with van der Waals surface area (Å²) in [5, 5.41) is 7.32. The van der Waals surface area contributed by atoms with E-state index in [1.54, 1.807) is 0 Å². The maximum absolute atomic E-state index is 6.48. The summed E-state index contributed by atoms with van der Waals surface area (Å²) in [5.74, 6) is 0. The highest BCUT2D eigenvalue weighted by Crippen LogP contribution is 2.44. The molecule has 0 aliphatic rings. The molecule has 0 spiro atoms. The van der Waals surface area contributed by atoms with Crippen LogP contribution >= 0.6 is 11.3 Å². The first-order chi connectivity index (χ1) is 27.3. The van der Waals surface area contributed by atoms with Crippen LogP contribution in [-0.2, 0) is 0 Å². The zero-order valence-corrected chi connectivity index (χ0v) is 30.6. The molecular weight excluding hydrogens is 687 g/mol. The Hall–Kier alpha value is -6.94. The van der Waals surface area contributed by atoms with Crippen LogP contribution in [0.2, 0.25) is 0 Å². The average Bonchev–Trinajstić information content (AvgIpc) is 3.83. The van der Waals surface area contributed by atoms with Crippen LogP contribution in [-0.4, -0.2) is 0 Å². The summed E-state index contributed by atoms with van der Waals surface area (Å²) in [6.45, 7) is 0. The van der Waals surface area contributed by atoms with Gasteiger partial charge >= 0.3 is 0 Å². The molecule has 0 radical (unpaired) electrons. The number of benzene rings is 9. The van der Waals surface area contributed by atoms with Crippen LogP contribution in [0.1, 0.15) is 0 Å². The maximum atomic E-state index is 6.48. The first kappa shape index (κ1) is 31.6. The minimum atomic E-state index is 0.896. The number of furan rings is 1. The van der Waals surface area contributed by atoms with Gasteiger partial charge in [0.1, 0.15) is 11.2 Å². The molecule has 0 fully saturated rings. The molecule has 0 atom stereocenters. The van der Waals surface area contributed by atoms with E-state index in [0.717, 1.165) is 61.3 Å². The second-order valence-corrected chi connectivity index (χ2v) is 15.1. The van der Waals surface area contributed by atoms with E-state index in [4.69, 9.17) is 4.42 Å². The first-order valence-corrected chi connectivity index (χ1v) is 19.5. The van der Waals surface area contributed by atoms with Crippen molar-refractivity contribution < 1.29 is 4.42 Å². The van der Waals surface area contributed by atoms with E-state index >= 15 is 0 Å². The fourth-order valence-corrected chi connectivity index (χ4v) is 9.39. The Bertz CT molecular complexity index is 3190. The molecule has 11 aromatic rings. The largest absolute Gasteiger partial charge is 0.455 e. The van der Waals surface area contributed by atoms with Crippen molar-refractivity contribution in [2.45, 2.75) is 0 Å². The van der Waals surface area contributed by atoms with Gasteiger partial charge in [0.2, 0.25) is 0 Å². The van der Waals surface area contributed by atoms with Crippen LogP contribution in [0.5, 0.6) is 0 Å². The lowest BCUT2D eigenvalue weighted by atomic mass is 9.98. The minimum absolute atomic E-state index is 0.896. The molecule has 2 aromatic heterocycles. The highest BCUT2D eigenvalue weighted by Gasteiger charge is 2.18. The molecule has 9 aromatic carbocycles. The summed E-state index contributed by atoms with van der Waals surface area (Å²) >= 11 is 1.86. The quantitative estimate of drug-likeness (QED) is 0.170. The Labute approximate surface area is 322 Å². The van der Waals surface area contributed by atoms with Gasteiger partial charge in [-0.2, -0.15) is 0 Å². The predicted molar refractivity (Wildman–Crippen MR) is 235 cm³/mol. The summed E-state index contributed by atoms with van der Waals surface area (Å²) in [6.07, 6.45) is 0. The van der Waals surface area contributed by atoms with Gasteiger partial charge in [0.15, 0.2) is 0 Å². The van der Waals surface area contributed by atoms with Crippen LogP contribution in [0.3, 0.4) is 0 Å². The van der Waals surface area contributed by atoms with Crippen molar-refractivity contribution >= 4 is 81.3 Å². The molecule has 0 bridgehead atoms. The fourth-order valence-electron chi connectivity index (χ4n) is 8.26. The van der Waals surface area contributed by atoms with Gasteiger partial charge in [0.25, 0.3) is 0 Å². The van der Waals surface area contributed by atoms with Crippen LogP contribution in [0.4, 0.5) is 17.1 Å². The van der Waals surface area contributed by atoms with Crippen molar-refractivity contribution in [3.8, 4) is 33.4 Å². The minimum Gasteiger partial charge on any atom is -0.455 e. The Kier molecular flexibility index (Phi) is 7.39. The lowest BCUT2D eigenvalue weighted by molar-refractivity contribution is 0.670. The van der Waals surface area contributed by atoms with Gasteiger partial charge in [-0.3, -0.25) is 0 Å². The maximum Gasteiger partial charge on any atom is 0.143 e. The van der Waals surface area contributed by atoms with E-state index in [2.05, 4.69) is 199 Å². The van der Waals surface area contributed by atoms with E-state index in [1.807, 2.05) is 17.4 Å². The molecule has 0 aliphatic heterocycles. The Morgan fingerprint density at radius 1 is 0.382 bits per heavy atom. The monoisotopic (exact) mass is 719 g/mol. The predicted octanol–water partition coefficient (Wildman–Crippen LogP) is 15.6. The highest BCUT2D eigenvalue weighted by atomic mass is 32.1. The van der Waals surface area contributed by atoms with E-state index in [9.17, 15) is 0 Å². The molecule has 3 heteroatoms. The third kappa shape index (κ3) is 5.32. The molecule has 0 N–H and O–H groups in total. The normalized spacial score (nSPS) is 11.6. The highest BCUT2D eigenvalue weighted by molar-refractivity contribution is 7.25. The zero-order valence-electron chi connectivity index (χ0n) is 29.8. The molecule has 55 heavy (non-hydrogen) atoms. The summed E-state index contributed by atoms with van der Waals surface area (Å²) in [5.41, 5.74) is 12.2. The van der Waals surface area contributed by atoms with E-state index in [0.29, 0.717) is 0 Å². The Morgan fingerprint density at radius 3 is 1.82 bits per heavy atom. The second-order valence-electron chi connectivity index (χ2n) is 14.1. The van der Waals surface area contributed by atoms with Crippen molar-refractivity contribution in [2.24, 2.45) is 0 Å². The SMILES string of the molecule is c1ccc(-c2cccc3c2oc2ccc(-c4ccc(N(c5ccc(-c6cccc7sc8ccccc8c67)cc5)c5cccc6ccccc56)cc4)cc23)cc1. The van der Waals surface area contributed by atoms with Crippen molar-refractivity contribution in [3.05, 3.63) is 200 Å². The van der Waals surface area contributed by atoms with Gasteiger partial charge in [-0.25, -0.2) is 0 Å². The third-order valence-corrected chi connectivity index (χ3v) is 12.0. The Morgan fingerprint density at radius 2 is 0.982 bits per heavy atom. The van der Waals surface area contributed by atoms with E-state index in [-0.39, 0.29) is 0 Å². The van der Waals surface area contributed by atoms with Gasteiger partial charge in [0, 0.05) is 53.3 Å². The number of nitrogens with zero attached hydrogens (tertiary/aromatic N) is 1. The second kappa shape index (κ2) is 12.9. The topological polar surface area (TPSA) is 16.4 Å². The van der Waals surface area contributed by atoms with Gasteiger partial charge in [-0.15, -0.1) is 11.3 Å². The van der Waals surface area contributed by atoms with Gasteiger partial charge < -0.3 is 9.32 Å². The van der Waals surface area contributed by atoms with Crippen molar-refractivity contribution in [3.63, 3.8) is 0 Å². The number of thiophene rings is 1. The lowest BCUT2D eigenvalue weighted by Crippen LogP contribution is -2.10. The molecule has 11 rings (SSSR count).